The van der Waals surface area contributed by atoms with Gasteiger partial charge in [0.2, 0.25) is 0 Å². The Balaban J connectivity index is 1.92. The Hall–Kier alpha value is -2.94. The molecule has 0 aliphatic carbocycles. The molecule has 7 nitrogen and oxygen atoms in total. The van der Waals surface area contributed by atoms with Gasteiger partial charge in [0.15, 0.2) is 5.82 Å². The van der Waals surface area contributed by atoms with Crippen LogP contribution in [0.25, 0.3) is 0 Å². The number of pyridine rings is 2. The number of aryl methyl sites for hydroxylation is 1. The highest BCUT2D eigenvalue weighted by Crippen LogP contribution is 2.32. The van der Waals surface area contributed by atoms with E-state index in [1.807, 2.05) is 6.92 Å². The van der Waals surface area contributed by atoms with Crippen LogP contribution in [-0.2, 0) is 11.4 Å². The Morgan fingerprint density at radius 1 is 1.37 bits per heavy atom. The topological polar surface area (TPSA) is 84.7 Å². The van der Waals surface area contributed by atoms with E-state index in [2.05, 4.69) is 4.98 Å². The van der Waals surface area contributed by atoms with E-state index in [1.54, 1.807) is 25.1 Å². The summed E-state index contributed by atoms with van der Waals surface area (Å²) in [5, 5.41) is 9.23. The van der Waals surface area contributed by atoms with Gasteiger partial charge in [0.05, 0.1) is 12.2 Å². The molecular formula is C20H20ClF2N3O4. The smallest absolute Gasteiger partial charge is 0.326 e. The summed E-state index contributed by atoms with van der Waals surface area (Å²) in [4.78, 5) is 29.7. The Labute approximate surface area is 176 Å². The number of aliphatic carboxylic acids is 1. The number of likely N-dealkylation sites (N-methyl/N-ethyl adjacent to an activating group) is 1. The molecule has 3 rings (SSSR count). The molecule has 1 N–H and O–H groups in total. The first-order valence-corrected chi connectivity index (χ1v) is 9.45. The minimum absolute atomic E-state index is 0.0327. The van der Waals surface area contributed by atoms with Crippen molar-refractivity contribution in [2.45, 2.75) is 39.0 Å². The Morgan fingerprint density at radius 3 is 2.70 bits per heavy atom. The quantitative estimate of drug-likeness (QED) is 0.769. The zero-order valence-corrected chi connectivity index (χ0v) is 17.3. The molecule has 2 aromatic heterocycles. The molecule has 30 heavy (non-hydrogen) atoms. The van der Waals surface area contributed by atoms with Crippen molar-refractivity contribution in [1.29, 1.82) is 0 Å². The first kappa shape index (κ1) is 21.8. The van der Waals surface area contributed by atoms with Crippen molar-refractivity contribution in [3.63, 3.8) is 0 Å². The van der Waals surface area contributed by atoms with E-state index in [0.717, 1.165) is 11.8 Å². The predicted molar refractivity (Wildman–Crippen MR) is 106 cm³/mol. The van der Waals surface area contributed by atoms with Crippen LogP contribution in [0.3, 0.4) is 0 Å². The van der Waals surface area contributed by atoms with Crippen LogP contribution in [-0.4, -0.2) is 38.6 Å². The molecule has 3 heterocycles. The molecule has 0 spiro atoms. The van der Waals surface area contributed by atoms with Crippen molar-refractivity contribution < 1.29 is 23.4 Å². The Kier molecular flexibility index (Phi) is 6.12. The summed E-state index contributed by atoms with van der Waals surface area (Å²) in [6, 6.07) is 0.932. The molecule has 160 valence electrons. The second-order valence-corrected chi connectivity index (χ2v) is 7.53. The summed E-state index contributed by atoms with van der Waals surface area (Å²) in [7, 11) is 1.67. The van der Waals surface area contributed by atoms with Crippen molar-refractivity contribution in [2.75, 3.05) is 7.05 Å². The van der Waals surface area contributed by atoms with Crippen LogP contribution in [0.15, 0.2) is 34.9 Å². The number of allylic oxidation sites excluding steroid dienone is 1. The molecule has 2 aromatic rings. The van der Waals surface area contributed by atoms with Crippen molar-refractivity contribution in [1.82, 2.24) is 14.5 Å². The van der Waals surface area contributed by atoms with Gasteiger partial charge in [-0.15, -0.1) is 0 Å². The third-order valence-corrected chi connectivity index (χ3v) is 5.41. The van der Waals surface area contributed by atoms with Crippen LogP contribution >= 0.6 is 11.6 Å². The highest BCUT2D eigenvalue weighted by Gasteiger charge is 2.33. The number of hydrogen-bond acceptors (Lipinski definition) is 5. The molecule has 0 amide bonds. The molecule has 2 unspecified atom stereocenters. The van der Waals surface area contributed by atoms with E-state index in [0.29, 0.717) is 11.8 Å². The summed E-state index contributed by atoms with van der Waals surface area (Å²) in [6.07, 6.45) is 2.75. The summed E-state index contributed by atoms with van der Waals surface area (Å²) < 4.78 is 33.6. The second-order valence-electron chi connectivity index (χ2n) is 7.15. The van der Waals surface area contributed by atoms with Gasteiger partial charge in [0, 0.05) is 37.5 Å². The number of carboxylic acids is 1. The van der Waals surface area contributed by atoms with Crippen LogP contribution in [0.4, 0.5) is 8.78 Å². The van der Waals surface area contributed by atoms with Gasteiger partial charge in [-0.25, -0.2) is 13.6 Å². The van der Waals surface area contributed by atoms with Crippen molar-refractivity contribution in [2.24, 2.45) is 0 Å². The summed E-state index contributed by atoms with van der Waals surface area (Å²) >= 11 is 6.22. The normalized spacial score (nSPS) is 18.9. The lowest BCUT2D eigenvalue weighted by atomic mass is 9.95. The molecule has 0 saturated heterocycles. The molecule has 0 radical (unpaired) electrons. The zero-order chi connectivity index (χ0) is 22.2. The molecule has 2 atom stereocenters. The Morgan fingerprint density at radius 2 is 2.07 bits per heavy atom. The monoisotopic (exact) mass is 439 g/mol. The zero-order valence-electron chi connectivity index (χ0n) is 16.5. The number of carboxylic acid groups (broad SMARTS) is 1. The van der Waals surface area contributed by atoms with E-state index in [-0.39, 0.29) is 29.5 Å². The van der Waals surface area contributed by atoms with Crippen LogP contribution in [0.2, 0.25) is 5.02 Å². The summed E-state index contributed by atoms with van der Waals surface area (Å²) in [6.45, 7) is 3.14. The molecular weight excluding hydrogens is 420 g/mol. The lowest BCUT2D eigenvalue weighted by Crippen LogP contribution is -2.43. The SMILES string of the molecule is CC1=CN(C)C(C(=O)O)CC1n1c(C)cc(OCc2ncc(F)cc2F)c(Cl)c1=O. The Bertz CT molecular complexity index is 1090. The third-order valence-electron chi connectivity index (χ3n) is 5.06. The predicted octanol–water partition coefficient (Wildman–Crippen LogP) is 3.30. The van der Waals surface area contributed by atoms with Crippen LogP contribution in [0, 0.1) is 18.6 Å². The van der Waals surface area contributed by atoms with Gasteiger partial charge in [-0.05, 0) is 19.4 Å². The molecule has 1 aliphatic heterocycles. The minimum Gasteiger partial charge on any atom is -0.485 e. The van der Waals surface area contributed by atoms with Gasteiger partial charge >= 0.3 is 5.97 Å². The molecule has 0 fully saturated rings. The molecule has 0 aromatic carbocycles. The van der Waals surface area contributed by atoms with Gasteiger partial charge in [-0.3, -0.25) is 9.78 Å². The van der Waals surface area contributed by atoms with Crippen molar-refractivity contribution in [3.05, 3.63) is 68.5 Å². The number of aromatic nitrogens is 2. The number of hydrogen-bond donors (Lipinski definition) is 1. The van der Waals surface area contributed by atoms with Gasteiger partial charge < -0.3 is 19.3 Å². The van der Waals surface area contributed by atoms with Crippen LogP contribution in [0.5, 0.6) is 5.75 Å². The lowest BCUT2D eigenvalue weighted by molar-refractivity contribution is -0.142. The van der Waals surface area contributed by atoms with Gasteiger partial charge in [-0.1, -0.05) is 11.6 Å². The molecule has 0 saturated carbocycles. The lowest BCUT2D eigenvalue weighted by Gasteiger charge is -2.35. The average molecular weight is 440 g/mol. The van der Waals surface area contributed by atoms with Crippen LogP contribution < -0.4 is 10.3 Å². The largest absolute Gasteiger partial charge is 0.485 e. The summed E-state index contributed by atoms with van der Waals surface area (Å²) in [5.74, 6) is -2.64. The second kappa shape index (κ2) is 8.43. The first-order valence-electron chi connectivity index (χ1n) is 9.07. The molecule has 1 aliphatic rings. The van der Waals surface area contributed by atoms with E-state index in [1.165, 1.54) is 10.6 Å². The number of nitrogens with zero attached hydrogens (tertiary/aromatic N) is 3. The maximum Gasteiger partial charge on any atom is 0.326 e. The summed E-state index contributed by atoms with van der Waals surface area (Å²) in [5.41, 5.74) is 0.624. The standard InChI is InChI=1S/C20H20ClF2N3O4/c1-10-8-25(3)16(20(28)29)6-15(10)26-11(2)4-17(18(21)19(26)27)30-9-14-13(23)5-12(22)7-24-14/h4-5,7-8,15-16H,6,9H2,1-3H3,(H,28,29). The van der Waals surface area contributed by atoms with Gasteiger partial charge in [0.1, 0.15) is 34.9 Å². The highest BCUT2D eigenvalue weighted by atomic mass is 35.5. The number of rotatable bonds is 5. The highest BCUT2D eigenvalue weighted by molar-refractivity contribution is 6.31. The first-order chi connectivity index (χ1) is 14.1. The van der Waals surface area contributed by atoms with E-state index < -0.39 is 35.2 Å². The maximum absolute atomic E-state index is 13.8. The fourth-order valence-electron chi connectivity index (χ4n) is 3.53. The van der Waals surface area contributed by atoms with Crippen molar-refractivity contribution >= 4 is 17.6 Å². The van der Waals surface area contributed by atoms with E-state index in [9.17, 15) is 23.5 Å². The fraction of sp³-hybridized carbons (Fsp3) is 0.350. The van der Waals surface area contributed by atoms with Crippen molar-refractivity contribution in [3.8, 4) is 5.75 Å². The number of ether oxygens (including phenoxy) is 1. The fourth-order valence-corrected chi connectivity index (χ4v) is 3.73. The number of carbonyl (C=O) groups is 1. The minimum atomic E-state index is -0.989. The van der Waals surface area contributed by atoms with Crippen LogP contribution in [0.1, 0.15) is 30.8 Å². The average Bonchev–Trinajstić information content (AvgIpc) is 2.66. The van der Waals surface area contributed by atoms with E-state index >= 15 is 0 Å². The van der Waals surface area contributed by atoms with E-state index in [4.69, 9.17) is 16.3 Å². The third kappa shape index (κ3) is 4.16. The number of halogens is 3. The molecule has 0 bridgehead atoms. The molecule has 10 heteroatoms. The van der Waals surface area contributed by atoms with Gasteiger partial charge in [0.25, 0.3) is 5.56 Å². The maximum atomic E-state index is 13.8. The van der Waals surface area contributed by atoms with Gasteiger partial charge in [-0.2, -0.15) is 0 Å².